The third kappa shape index (κ3) is 5.74. The highest BCUT2D eigenvalue weighted by Gasteiger charge is 2.17. The molecule has 2 atom stereocenters. The number of aryl methyl sites for hydroxylation is 1. The molecule has 4 heteroatoms. The molecule has 0 unspecified atom stereocenters. The summed E-state index contributed by atoms with van der Waals surface area (Å²) in [6, 6.07) is 16.3. The minimum atomic E-state index is 0.0112. The lowest BCUT2D eigenvalue weighted by Gasteiger charge is -2.33. The molecule has 0 aromatic heterocycles. The summed E-state index contributed by atoms with van der Waals surface area (Å²) in [6.07, 6.45) is 3.80. The van der Waals surface area contributed by atoms with Crippen molar-refractivity contribution in [2.24, 2.45) is 5.92 Å². The Labute approximate surface area is 167 Å². The van der Waals surface area contributed by atoms with E-state index in [2.05, 4.69) is 41.4 Å². The summed E-state index contributed by atoms with van der Waals surface area (Å²) in [7, 11) is 0. The lowest BCUT2D eigenvalue weighted by Crippen LogP contribution is -2.34. The molecule has 1 heterocycles. The van der Waals surface area contributed by atoms with Gasteiger partial charge in [-0.2, -0.15) is 0 Å². The number of anilines is 1. The molecule has 2 aromatic carbocycles. The van der Waals surface area contributed by atoms with Crippen LogP contribution in [0.1, 0.15) is 50.3 Å². The fourth-order valence-corrected chi connectivity index (χ4v) is 3.83. The highest BCUT2D eigenvalue weighted by Crippen LogP contribution is 2.24. The van der Waals surface area contributed by atoms with E-state index in [4.69, 9.17) is 11.6 Å². The van der Waals surface area contributed by atoms with Gasteiger partial charge in [0.05, 0.1) is 6.04 Å². The monoisotopic (exact) mass is 384 g/mol. The largest absolute Gasteiger partial charge is 0.371 e. The number of piperidine rings is 1. The van der Waals surface area contributed by atoms with Crippen LogP contribution in [0.25, 0.3) is 0 Å². The highest BCUT2D eigenvalue weighted by molar-refractivity contribution is 6.30. The average Bonchev–Trinajstić information content (AvgIpc) is 2.67. The zero-order valence-corrected chi connectivity index (χ0v) is 17.0. The van der Waals surface area contributed by atoms with Gasteiger partial charge in [0.2, 0.25) is 5.91 Å². The van der Waals surface area contributed by atoms with Gasteiger partial charge in [-0.1, -0.05) is 42.8 Å². The van der Waals surface area contributed by atoms with E-state index in [0.29, 0.717) is 6.42 Å². The third-order valence-electron chi connectivity index (χ3n) is 5.35. The summed E-state index contributed by atoms with van der Waals surface area (Å²) >= 11 is 5.90. The van der Waals surface area contributed by atoms with Crippen molar-refractivity contribution in [3.8, 4) is 0 Å². The van der Waals surface area contributed by atoms with Crippen LogP contribution in [0.3, 0.4) is 0 Å². The molecule has 0 saturated carbocycles. The molecule has 1 fully saturated rings. The molecular weight excluding hydrogens is 356 g/mol. The van der Waals surface area contributed by atoms with Gasteiger partial charge in [-0.15, -0.1) is 0 Å². The second-order valence-corrected chi connectivity index (χ2v) is 8.14. The molecular formula is C23H29ClN2O. The maximum Gasteiger partial charge on any atom is 0.220 e. The van der Waals surface area contributed by atoms with Gasteiger partial charge in [0.15, 0.2) is 0 Å². The fraction of sp³-hybridized carbons (Fsp3) is 0.435. The SMILES string of the molecule is C[C@H]1CCCN(c2ccc([C@@H](C)NC(=O)CCc3ccc(Cl)cc3)cc2)C1. The summed E-state index contributed by atoms with van der Waals surface area (Å²) in [6.45, 7) is 6.64. The minimum absolute atomic E-state index is 0.0112. The van der Waals surface area contributed by atoms with E-state index >= 15 is 0 Å². The van der Waals surface area contributed by atoms with E-state index < -0.39 is 0 Å². The second-order valence-electron chi connectivity index (χ2n) is 7.70. The first-order valence-corrected chi connectivity index (χ1v) is 10.3. The Morgan fingerprint density at radius 2 is 1.89 bits per heavy atom. The van der Waals surface area contributed by atoms with Crippen LogP contribution in [0.2, 0.25) is 5.02 Å². The Balaban J connectivity index is 1.50. The molecule has 0 spiro atoms. The molecule has 1 N–H and O–H groups in total. The molecule has 0 aliphatic carbocycles. The average molecular weight is 385 g/mol. The summed E-state index contributed by atoms with van der Waals surface area (Å²) in [5.41, 5.74) is 3.55. The van der Waals surface area contributed by atoms with E-state index in [0.717, 1.165) is 41.6 Å². The fourth-order valence-electron chi connectivity index (χ4n) is 3.70. The number of nitrogens with zero attached hydrogens (tertiary/aromatic N) is 1. The first-order valence-electron chi connectivity index (χ1n) is 9.90. The van der Waals surface area contributed by atoms with Crippen molar-refractivity contribution in [1.82, 2.24) is 5.32 Å². The Kier molecular flexibility index (Phi) is 6.78. The number of carbonyl (C=O) groups excluding carboxylic acids is 1. The standard InChI is InChI=1S/C23H29ClN2O/c1-17-4-3-15-26(16-17)22-12-8-20(9-13-22)18(2)25-23(27)14-7-19-5-10-21(24)11-6-19/h5-6,8-13,17-18H,3-4,7,14-16H2,1-2H3,(H,25,27)/t17-,18+/m0/s1. The number of hydrogen-bond donors (Lipinski definition) is 1. The highest BCUT2D eigenvalue weighted by atomic mass is 35.5. The zero-order valence-electron chi connectivity index (χ0n) is 16.2. The lowest BCUT2D eigenvalue weighted by molar-refractivity contribution is -0.121. The topological polar surface area (TPSA) is 32.3 Å². The molecule has 1 saturated heterocycles. The summed E-state index contributed by atoms with van der Waals surface area (Å²) in [5.74, 6) is 0.837. The van der Waals surface area contributed by atoms with Gasteiger partial charge < -0.3 is 10.2 Å². The van der Waals surface area contributed by atoms with Crippen molar-refractivity contribution < 1.29 is 4.79 Å². The van der Waals surface area contributed by atoms with Crippen molar-refractivity contribution in [1.29, 1.82) is 0 Å². The van der Waals surface area contributed by atoms with Gasteiger partial charge in [0.1, 0.15) is 0 Å². The Morgan fingerprint density at radius 1 is 1.19 bits per heavy atom. The van der Waals surface area contributed by atoms with E-state index in [1.165, 1.54) is 18.5 Å². The summed E-state index contributed by atoms with van der Waals surface area (Å²) in [5, 5.41) is 3.83. The molecule has 1 aliphatic heterocycles. The van der Waals surface area contributed by atoms with Gasteiger partial charge >= 0.3 is 0 Å². The van der Waals surface area contributed by atoms with E-state index in [1.54, 1.807) is 0 Å². The van der Waals surface area contributed by atoms with Crippen LogP contribution < -0.4 is 10.2 Å². The smallest absolute Gasteiger partial charge is 0.220 e. The predicted octanol–water partition coefficient (Wildman–Crippen LogP) is 5.39. The normalized spacial score (nSPS) is 18.2. The molecule has 144 valence electrons. The molecule has 27 heavy (non-hydrogen) atoms. The van der Waals surface area contributed by atoms with E-state index in [-0.39, 0.29) is 11.9 Å². The maximum absolute atomic E-state index is 12.3. The van der Waals surface area contributed by atoms with Crippen molar-refractivity contribution in [3.63, 3.8) is 0 Å². The van der Waals surface area contributed by atoms with E-state index in [1.807, 2.05) is 31.2 Å². The molecule has 2 aromatic rings. The van der Waals surface area contributed by atoms with Crippen LogP contribution in [0, 0.1) is 5.92 Å². The molecule has 3 nitrogen and oxygen atoms in total. The summed E-state index contributed by atoms with van der Waals surface area (Å²) < 4.78 is 0. The van der Waals surface area contributed by atoms with Crippen LogP contribution in [0.4, 0.5) is 5.69 Å². The van der Waals surface area contributed by atoms with Crippen LogP contribution in [-0.2, 0) is 11.2 Å². The number of carbonyl (C=O) groups is 1. The van der Waals surface area contributed by atoms with Gasteiger partial charge in [-0.3, -0.25) is 4.79 Å². The summed E-state index contributed by atoms with van der Waals surface area (Å²) in [4.78, 5) is 14.7. The van der Waals surface area contributed by atoms with E-state index in [9.17, 15) is 4.79 Å². The Hall–Kier alpha value is -2.00. The number of halogens is 1. The molecule has 0 radical (unpaired) electrons. The number of benzene rings is 2. The van der Waals surface area contributed by atoms with Gasteiger partial charge in [0.25, 0.3) is 0 Å². The van der Waals surface area contributed by atoms with Crippen molar-refractivity contribution in [3.05, 3.63) is 64.7 Å². The molecule has 1 amide bonds. The third-order valence-corrected chi connectivity index (χ3v) is 5.60. The van der Waals surface area contributed by atoms with Gasteiger partial charge in [-0.05, 0) is 67.5 Å². The lowest BCUT2D eigenvalue weighted by atomic mass is 9.99. The van der Waals surface area contributed by atoms with Gasteiger partial charge in [0, 0.05) is 30.2 Å². The molecule has 1 aliphatic rings. The first kappa shape index (κ1) is 19.8. The van der Waals surface area contributed by atoms with Crippen LogP contribution in [0.5, 0.6) is 0 Å². The molecule has 0 bridgehead atoms. The second kappa shape index (κ2) is 9.27. The number of nitrogens with one attached hydrogen (secondary N) is 1. The zero-order chi connectivity index (χ0) is 19.2. The van der Waals surface area contributed by atoms with Crippen molar-refractivity contribution in [2.75, 3.05) is 18.0 Å². The molecule has 3 rings (SSSR count). The van der Waals surface area contributed by atoms with Crippen molar-refractivity contribution >= 4 is 23.2 Å². The van der Waals surface area contributed by atoms with Crippen molar-refractivity contribution in [2.45, 2.75) is 45.6 Å². The quantitative estimate of drug-likeness (QED) is 0.724. The number of rotatable bonds is 6. The number of amides is 1. The maximum atomic E-state index is 12.3. The predicted molar refractivity (Wildman–Crippen MR) is 113 cm³/mol. The van der Waals surface area contributed by atoms with Gasteiger partial charge in [-0.25, -0.2) is 0 Å². The Morgan fingerprint density at radius 3 is 2.56 bits per heavy atom. The van der Waals surface area contributed by atoms with Crippen LogP contribution >= 0.6 is 11.6 Å². The minimum Gasteiger partial charge on any atom is -0.371 e. The first-order chi connectivity index (χ1) is 13.0. The van der Waals surface area contributed by atoms with Crippen LogP contribution in [0.15, 0.2) is 48.5 Å². The van der Waals surface area contributed by atoms with Crippen LogP contribution in [-0.4, -0.2) is 19.0 Å². The number of hydrogen-bond acceptors (Lipinski definition) is 2. The Bertz CT molecular complexity index is 742.